The lowest BCUT2D eigenvalue weighted by atomic mass is 9.79. The van der Waals surface area contributed by atoms with Gasteiger partial charge in [0, 0.05) is 48.2 Å². The van der Waals surface area contributed by atoms with Crippen molar-refractivity contribution in [1.29, 1.82) is 0 Å². The molecule has 224 valence electrons. The molecule has 13 heteroatoms. The Balaban J connectivity index is 1.39. The fourth-order valence-corrected chi connectivity index (χ4v) is 5.24. The summed E-state index contributed by atoms with van der Waals surface area (Å²) in [5.41, 5.74) is 0.262. The van der Waals surface area contributed by atoms with E-state index in [-0.39, 0.29) is 12.5 Å². The molecule has 2 atom stereocenters. The van der Waals surface area contributed by atoms with Crippen molar-refractivity contribution in [3.05, 3.63) is 59.6 Å². The lowest BCUT2D eigenvalue weighted by Gasteiger charge is -2.35. The van der Waals surface area contributed by atoms with Crippen LogP contribution in [0.3, 0.4) is 0 Å². The van der Waals surface area contributed by atoms with Crippen LogP contribution in [0.15, 0.2) is 36.7 Å². The molecule has 0 unspecified atom stereocenters. The summed E-state index contributed by atoms with van der Waals surface area (Å²) in [4.78, 5) is 32.2. The molecular weight excluding hydrogens is 549 g/mol. The number of hydrogen-bond donors (Lipinski definition) is 1. The van der Waals surface area contributed by atoms with Crippen LogP contribution in [-0.2, 0) is 30.0 Å². The van der Waals surface area contributed by atoms with Crippen molar-refractivity contribution in [2.24, 2.45) is 0 Å². The third kappa shape index (κ3) is 5.48. The van der Waals surface area contributed by atoms with Crippen molar-refractivity contribution in [3.8, 4) is 0 Å². The Morgan fingerprint density at radius 3 is 2.45 bits per heavy atom. The Hall–Kier alpha value is -3.55. The molecule has 1 aromatic carbocycles. The van der Waals surface area contributed by atoms with E-state index in [4.69, 9.17) is 18.8 Å². The summed E-state index contributed by atoms with van der Waals surface area (Å²) in [5.74, 6) is -3.91. The smallest absolute Gasteiger partial charge is 0.467 e. The van der Waals surface area contributed by atoms with Gasteiger partial charge in [0.1, 0.15) is 28.9 Å². The summed E-state index contributed by atoms with van der Waals surface area (Å²) in [5, 5.41) is 2.46. The second-order valence-electron chi connectivity index (χ2n) is 11.6. The van der Waals surface area contributed by atoms with Gasteiger partial charge in [0.05, 0.1) is 31.5 Å². The summed E-state index contributed by atoms with van der Waals surface area (Å²) in [6.45, 7) is 11.0. The number of morpholine rings is 1. The molecule has 0 bridgehead atoms. The highest BCUT2D eigenvalue weighted by Gasteiger charge is 2.52. The molecule has 0 aliphatic carbocycles. The standard InChI is InChI=1S/C29H35BF2N4O6/c1-17-16-40-12-11-35(17)19-13-21(31)24(22(32)14-19)26(37)34-23(27(38)39-6)15-18-7-8-20(25-33-9-10-36(18)25)30-41-28(2,3)29(4,5)42-30/h7-10,13-14,17,23H,11-12,15-16H2,1-6H3,(H,34,37)/t17-,23-/m0/s1. The van der Waals surface area contributed by atoms with Crippen LogP contribution in [0.1, 0.15) is 50.7 Å². The number of amides is 1. The predicted octanol–water partition coefficient (Wildman–Crippen LogP) is 2.65. The topological polar surface area (TPSA) is 104 Å². The van der Waals surface area contributed by atoms with Crippen molar-refractivity contribution in [3.63, 3.8) is 0 Å². The van der Waals surface area contributed by atoms with Crippen LogP contribution in [0.5, 0.6) is 0 Å². The van der Waals surface area contributed by atoms with Crippen LogP contribution in [0.4, 0.5) is 14.5 Å². The summed E-state index contributed by atoms with van der Waals surface area (Å²) in [7, 11) is 0.509. The van der Waals surface area contributed by atoms with E-state index in [0.717, 1.165) is 12.1 Å². The number of benzene rings is 1. The van der Waals surface area contributed by atoms with Crippen LogP contribution in [0, 0.1) is 11.6 Å². The molecule has 1 amide bonds. The van der Waals surface area contributed by atoms with Crippen LogP contribution in [0.2, 0.25) is 0 Å². The second kappa shape index (κ2) is 11.3. The quantitative estimate of drug-likeness (QED) is 0.334. The highest BCUT2D eigenvalue weighted by atomic mass is 19.1. The highest BCUT2D eigenvalue weighted by molar-refractivity contribution is 6.64. The minimum Gasteiger partial charge on any atom is -0.467 e. The van der Waals surface area contributed by atoms with E-state index in [2.05, 4.69) is 10.3 Å². The molecule has 10 nitrogen and oxygen atoms in total. The van der Waals surface area contributed by atoms with Gasteiger partial charge >= 0.3 is 13.1 Å². The van der Waals surface area contributed by atoms with Gasteiger partial charge in [-0.1, -0.05) is 6.07 Å². The third-order valence-corrected chi connectivity index (χ3v) is 8.33. The number of methoxy groups -OCH3 is 1. The molecule has 2 aliphatic heterocycles. The summed E-state index contributed by atoms with van der Waals surface area (Å²) in [6, 6.07) is 4.47. The number of nitrogens with zero attached hydrogens (tertiary/aromatic N) is 3. The van der Waals surface area contributed by atoms with E-state index in [1.165, 1.54) is 7.11 Å². The van der Waals surface area contributed by atoms with Crippen LogP contribution < -0.4 is 15.7 Å². The van der Waals surface area contributed by atoms with Gasteiger partial charge in [-0.3, -0.25) is 4.79 Å². The first-order valence-corrected chi connectivity index (χ1v) is 13.9. The van der Waals surface area contributed by atoms with E-state index < -0.39 is 53.4 Å². The molecule has 2 aromatic heterocycles. The molecule has 3 aromatic rings. The van der Waals surface area contributed by atoms with Crippen LogP contribution >= 0.6 is 0 Å². The maximum absolute atomic E-state index is 15.2. The van der Waals surface area contributed by atoms with Crippen molar-refractivity contribution >= 4 is 35.8 Å². The molecule has 4 heterocycles. The van der Waals surface area contributed by atoms with E-state index in [1.54, 1.807) is 28.9 Å². The van der Waals surface area contributed by atoms with Crippen molar-refractivity contribution in [2.75, 3.05) is 31.8 Å². The Bertz CT molecular complexity index is 1470. The zero-order valence-corrected chi connectivity index (χ0v) is 24.6. The third-order valence-electron chi connectivity index (χ3n) is 8.33. The van der Waals surface area contributed by atoms with Gasteiger partial charge < -0.3 is 33.4 Å². The molecular formula is C29H35BF2N4O6. The first-order chi connectivity index (χ1) is 19.8. The number of hydrogen-bond acceptors (Lipinski definition) is 8. The summed E-state index contributed by atoms with van der Waals surface area (Å²) < 4.78 is 54.8. The van der Waals surface area contributed by atoms with Crippen molar-refractivity contribution in [1.82, 2.24) is 14.7 Å². The molecule has 2 saturated heterocycles. The minimum atomic E-state index is -1.24. The molecule has 5 rings (SSSR count). The Labute approximate surface area is 243 Å². The largest absolute Gasteiger partial charge is 0.498 e. The predicted molar refractivity (Wildman–Crippen MR) is 152 cm³/mol. The molecule has 0 spiro atoms. The number of carbonyl (C=O) groups excluding carboxylic acids is 2. The molecule has 2 fully saturated rings. The average molecular weight is 584 g/mol. The number of imidazole rings is 1. The SMILES string of the molecule is COC(=O)[C@H](Cc1ccc(B2OC(C)(C)C(C)(C)O2)c2nccn12)NC(=O)c1c(F)cc(N2CCOC[C@@H]2C)cc1F. The van der Waals surface area contributed by atoms with Crippen molar-refractivity contribution in [2.45, 2.75) is 64.3 Å². The van der Waals surface area contributed by atoms with E-state index in [9.17, 15) is 9.59 Å². The van der Waals surface area contributed by atoms with Gasteiger partial charge in [-0.15, -0.1) is 0 Å². The first kappa shape index (κ1) is 29.9. The summed E-state index contributed by atoms with van der Waals surface area (Å²) in [6.07, 6.45) is 3.27. The Morgan fingerprint density at radius 2 is 1.83 bits per heavy atom. The molecule has 0 saturated carbocycles. The normalized spacial score (nSPS) is 20.5. The van der Waals surface area contributed by atoms with Gasteiger partial charge in [-0.25, -0.2) is 18.6 Å². The number of pyridine rings is 1. The van der Waals surface area contributed by atoms with Gasteiger partial charge in [0.15, 0.2) is 0 Å². The second-order valence-corrected chi connectivity index (χ2v) is 11.6. The highest BCUT2D eigenvalue weighted by Crippen LogP contribution is 2.36. The fraction of sp³-hybridized carbons (Fsp3) is 0.483. The number of nitrogens with one attached hydrogen (secondary N) is 1. The maximum atomic E-state index is 15.2. The summed E-state index contributed by atoms with van der Waals surface area (Å²) >= 11 is 0. The van der Waals surface area contributed by atoms with Gasteiger partial charge in [-0.05, 0) is 52.8 Å². The number of carbonyl (C=O) groups is 2. The monoisotopic (exact) mass is 584 g/mol. The number of ether oxygens (including phenoxy) is 2. The molecule has 1 N–H and O–H groups in total. The Kier molecular flexibility index (Phi) is 8.03. The zero-order chi connectivity index (χ0) is 30.4. The average Bonchev–Trinajstić information content (AvgIpc) is 3.49. The fourth-order valence-electron chi connectivity index (χ4n) is 5.24. The van der Waals surface area contributed by atoms with Crippen LogP contribution in [0.25, 0.3) is 5.65 Å². The van der Waals surface area contributed by atoms with Crippen LogP contribution in [-0.4, -0.2) is 78.5 Å². The van der Waals surface area contributed by atoms with Crippen molar-refractivity contribution < 1.29 is 37.2 Å². The number of rotatable bonds is 7. The number of esters is 1. The van der Waals surface area contributed by atoms with Gasteiger partial charge in [0.25, 0.3) is 5.91 Å². The number of fused-ring (bicyclic) bond motifs is 1. The van der Waals surface area contributed by atoms with Gasteiger partial charge in [-0.2, -0.15) is 0 Å². The Morgan fingerprint density at radius 1 is 1.17 bits per heavy atom. The van der Waals surface area contributed by atoms with E-state index in [0.29, 0.717) is 42.2 Å². The molecule has 42 heavy (non-hydrogen) atoms. The first-order valence-electron chi connectivity index (χ1n) is 13.9. The van der Waals surface area contributed by atoms with E-state index >= 15 is 8.78 Å². The number of anilines is 1. The van der Waals surface area contributed by atoms with E-state index in [1.807, 2.05) is 39.5 Å². The molecule has 0 radical (unpaired) electrons. The number of halogens is 2. The van der Waals surface area contributed by atoms with Gasteiger partial charge in [0.2, 0.25) is 0 Å². The zero-order valence-electron chi connectivity index (χ0n) is 24.6. The lowest BCUT2D eigenvalue weighted by Crippen LogP contribution is -2.45. The minimum absolute atomic E-state index is 0.0401. The molecule has 2 aliphatic rings. The lowest BCUT2D eigenvalue weighted by molar-refractivity contribution is -0.142. The number of aromatic nitrogens is 2. The maximum Gasteiger partial charge on any atom is 0.498 e.